The molecule has 1 aliphatic carbocycles. The molecular weight excluding hydrogens is 276 g/mol. The molecule has 2 unspecified atom stereocenters. The minimum absolute atomic E-state index is 0.139. The van der Waals surface area contributed by atoms with Gasteiger partial charge in [-0.05, 0) is 30.2 Å². The molecule has 0 bridgehead atoms. The second kappa shape index (κ2) is 6.74. The molecule has 1 aromatic rings. The van der Waals surface area contributed by atoms with Crippen LogP contribution in [0.2, 0.25) is 0 Å². The van der Waals surface area contributed by atoms with Gasteiger partial charge in [-0.3, -0.25) is 5.32 Å². The zero-order valence-electron chi connectivity index (χ0n) is 11.5. The minimum Gasteiger partial charge on any atom is -0.478 e. The Bertz CT molecular complexity index is 487. The van der Waals surface area contributed by atoms with Gasteiger partial charge in [0.25, 0.3) is 0 Å². The molecule has 110 valence electrons. The SMILES string of the molecule is CCC1CCCC(NC(=O)Nc2sccc2C(=O)O)C1. The molecule has 1 aliphatic rings. The van der Waals surface area contributed by atoms with Crippen molar-refractivity contribution in [3.8, 4) is 0 Å². The molecule has 0 aliphatic heterocycles. The number of hydrogen-bond acceptors (Lipinski definition) is 3. The van der Waals surface area contributed by atoms with Crippen molar-refractivity contribution in [3.63, 3.8) is 0 Å². The lowest BCUT2D eigenvalue weighted by Gasteiger charge is -2.29. The molecule has 0 spiro atoms. The summed E-state index contributed by atoms with van der Waals surface area (Å²) in [6.07, 6.45) is 5.54. The Morgan fingerprint density at radius 1 is 1.45 bits per heavy atom. The maximum Gasteiger partial charge on any atom is 0.338 e. The van der Waals surface area contributed by atoms with Crippen LogP contribution in [0.1, 0.15) is 49.4 Å². The molecule has 0 aromatic carbocycles. The number of nitrogens with one attached hydrogen (secondary N) is 2. The average Bonchev–Trinajstić information content (AvgIpc) is 2.87. The van der Waals surface area contributed by atoms with Crippen molar-refractivity contribution in [2.45, 2.75) is 45.1 Å². The molecule has 1 fully saturated rings. The van der Waals surface area contributed by atoms with Crippen LogP contribution in [0, 0.1) is 5.92 Å². The number of rotatable bonds is 4. The van der Waals surface area contributed by atoms with E-state index >= 15 is 0 Å². The molecular formula is C14H20N2O3S. The zero-order valence-corrected chi connectivity index (χ0v) is 12.3. The molecule has 2 rings (SSSR count). The van der Waals surface area contributed by atoms with Crippen LogP contribution in [-0.4, -0.2) is 23.1 Å². The topological polar surface area (TPSA) is 78.4 Å². The summed E-state index contributed by atoms with van der Waals surface area (Å²) >= 11 is 1.22. The van der Waals surface area contributed by atoms with Crippen LogP contribution < -0.4 is 10.6 Å². The Balaban J connectivity index is 1.89. The summed E-state index contributed by atoms with van der Waals surface area (Å²) in [6.45, 7) is 2.18. The van der Waals surface area contributed by atoms with Crippen LogP contribution in [0.3, 0.4) is 0 Å². The lowest BCUT2D eigenvalue weighted by atomic mass is 9.84. The highest BCUT2D eigenvalue weighted by Gasteiger charge is 2.22. The van der Waals surface area contributed by atoms with Gasteiger partial charge in [0.2, 0.25) is 0 Å². The van der Waals surface area contributed by atoms with Crippen molar-refractivity contribution in [3.05, 3.63) is 17.0 Å². The van der Waals surface area contributed by atoms with E-state index in [9.17, 15) is 9.59 Å². The Morgan fingerprint density at radius 3 is 2.95 bits per heavy atom. The van der Waals surface area contributed by atoms with Gasteiger partial charge in [0.05, 0.1) is 5.56 Å². The van der Waals surface area contributed by atoms with Crippen LogP contribution in [-0.2, 0) is 0 Å². The normalized spacial score (nSPS) is 22.2. The minimum atomic E-state index is -1.02. The van der Waals surface area contributed by atoms with Crippen molar-refractivity contribution < 1.29 is 14.7 Å². The number of thiophene rings is 1. The summed E-state index contributed by atoms with van der Waals surface area (Å²) in [5.41, 5.74) is 0.139. The quantitative estimate of drug-likeness (QED) is 0.795. The summed E-state index contributed by atoms with van der Waals surface area (Å²) in [5.74, 6) is -0.337. The van der Waals surface area contributed by atoms with Crippen molar-refractivity contribution in [2.75, 3.05) is 5.32 Å². The first-order valence-electron chi connectivity index (χ1n) is 6.98. The van der Waals surface area contributed by atoms with Crippen LogP contribution in [0.25, 0.3) is 0 Å². The third kappa shape index (κ3) is 3.72. The fourth-order valence-corrected chi connectivity index (χ4v) is 3.47. The van der Waals surface area contributed by atoms with Crippen molar-refractivity contribution in [1.82, 2.24) is 5.32 Å². The van der Waals surface area contributed by atoms with E-state index in [0.717, 1.165) is 25.7 Å². The first-order valence-corrected chi connectivity index (χ1v) is 7.86. The molecule has 0 radical (unpaired) electrons. The Morgan fingerprint density at radius 2 is 2.25 bits per heavy atom. The highest BCUT2D eigenvalue weighted by atomic mass is 32.1. The first-order chi connectivity index (χ1) is 9.60. The van der Waals surface area contributed by atoms with Crippen molar-refractivity contribution >= 4 is 28.3 Å². The van der Waals surface area contributed by atoms with Crippen LogP contribution in [0.4, 0.5) is 9.80 Å². The van der Waals surface area contributed by atoms with Crippen LogP contribution in [0.15, 0.2) is 11.4 Å². The van der Waals surface area contributed by atoms with Gasteiger partial charge in [-0.25, -0.2) is 9.59 Å². The fourth-order valence-electron chi connectivity index (χ4n) is 2.69. The number of carboxylic acids is 1. The highest BCUT2D eigenvalue weighted by molar-refractivity contribution is 7.14. The van der Waals surface area contributed by atoms with E-state index < -0.39 is 5.97 Å². The van der Waals surface area contributed by atoms with E-state index in [1.807, 2.05) is 0 Å². The zero-order chi connectivity index (χ0) is 14.5. The van der Waals surface area contributed by atoms with Gasteiger partial charge in [0.15, 0.2) is 0 Å². The molecule has 1 saturated carbocycles. The lowest BCUT2D eigenvalue weighted by molar-refractivity contribution is 0.0698. The number of carboxylic acid groups (broad SMARTS) is 1. The summed E-state index contributed by atoms with van der Waals surface area (Å²) < 4.78 is 0. The van der Waals surface area contributed by atoms with E-state index in [2.05, 4.69) is 17.6 Å². The van der Waals surface area contributed by atoms with E-state index in [1.165, 1.54) is 23.8 Å². The predicted octanol–water partition coefficient (Wildman–Crippen LogP) is 3.54. The summed E-state index contributed by atoms with van der Waals surface area (Å²) in [6, 6.07) is 1.38. The Kier molecular flexibility index (Phi) is 5.00. The van der Waals surface area contributed by atoms with Gasteiger partial charge in [-0.1, -0.05) is 26.2 Å². The third-order valence-electron chi connectivity index (χ3n) is 3.82. The molecule has 2 atom stereocenters. The van der Waals surface area contributed by atoms with E-state index in [0.29, 0.717) is 10.9 Å². The Hall–Kier alpha value is -1.56. The van der Waals surface area contributed by atoms with Gasteiger partial charge < -0.3 is 10.4 Å². The molecule has 20 heavy (non-hydrogen) atoms. The smallest absolute Gasteiger partial charge is 0.338 e. The number of carbonyl (C=O) groups excluding carboxylic acids is 1. The van der Waals surface area contributed by atoms with Gasteiger partial charge in [0, 0.05) is 6.04 Å². The maximum absolute atomic E-state index is 11.9. The predicted molar refractivity (Wildman–Crippen MR) is 79.5 cm³/mol. The average molecular weight is 296 g/mol. The standard InChI is InChI=1S/C14H20N2O3S/c1-2-9-4-3-5-10(8-9)15-14(19)16-12-11(13(17)18)6-7-20-12/h6-7,9-10H,2-5,8H2,1H3,(H,17,18)(H2,15,16,19). The van der Waals surface area contributed by atoms with Gasteiger partial charge in [-0.15, -0.1) is 11.3 Å². The number of amides is 2. The second-order valence-corrected chi connectivity index (χ2v) is 6.12. The fraction of sp³-hybridized carbons (Fsp3) is 0.571. The van der Waals surface area contributed by atoms with Crippen LogP contribution in [0.5, 0.6) is 0 Å². The molecule has 3 N–H and O–H groups in total. The summed E-state index contributed by atoms with van der Waals surface area (Å²) in [7, 11) is 0. The van der Waals surface area contributed by atoms with Crippen LogP contribution >= 0.6 is 11.3 Å². The summed E-state index contributed by atoms with van der Waals surface area (Å²) in [5, 5.41) is 16.6. The number of carbonyl (C=O) groups is 2. The molecule has 1 heterocycles. The summed E-state index contributed by atoms with van der Waals surface area (Å²) in [4.78, 5) is 22.9. The largest absolute Gasteiger partial charge is 0.478 e. The molecule has 1 aromatic heterocycles. The first kappa shape index (κ1) is 14.8. The second-order valence-electron chi connectivity index (χ2n) is 5.20. The van der Waals surface area contributed by atoms with Gasteiger partial charge in [-0.2, -0.15) is 0 Å². The van der Waals surface area contributed by atoms with Crippen molar-refractivity contribution in [1.29, 1.82) is 0 Å². The number of hydrogen-bond donors (Lipinski definition) is 3. The third-order valence-corrected chi connectivity index (χ3v) is 4.65. The molecule has 0 saturated heterocycles. The van der Waals surface area contributed by atoms with Gasteiger partial charge >= 0.3 is 12.0 Å². The van der Waals surface area contributed by atoms with E-state index in [4.69, 9.17) is 5.11 Å². The molecule has 6 heteroatoms. The number of anilines is 1. The monoisotopic (exact) mass is 296 g/mol. The van der Waals surface area contributed by atoms with Crippen molar-refractivity contribution in [2.24, 2.45) is 5.92 Å². The Labute approximate surface area is 122 Å². The lowest BCUT2D eigenvalue weighted by Crippen LogP contribution is -2.40. The maximum atomic E-state index is 11.9. The van der Waals surface area contributed by atoms with E-state index in [-0.39, 0.29) is 17.6 Å². The number of urea groups is 1. The van der Waals surface area contributed by atoms with Gasteiger partial charge in [0.1, 0.15) is 5.00 Å². The molecule has 5 nitrogen and oxygen atoms in total. The van der Waals surface area contributed by atoms with E-state index in [1.54, 1.807) is 5.38 Å². The highest BCUT2D eigenvalue weighted by Crippen LogP contribution is 2.27. The molecule has 2 amide bonds. The number of aromatic carboxylic acids is 1.